The third kappa shape index (κ3) is 4.42. The standard InChI is InChI=1S/C19H28N2O3S/c1-13-7-8-14-15(11-13)25-18(17(14)19(23)24-2)20-16(22)12-21-9-5-3-4-6-10-21/h13H,3-12H2,1-2H3,(H,20,22)/p+1/t13-/m0/s1. The molecule has 1 aliphatic carbocycles. The lowest BCUT2D eigenvalue weighted by molar-refractivity contribution is -0.890. The van der Waals surface area contributed by atoms with E-state index >= 15 is 0 Å². The van der Waals surface area contributed by atoms with Gasteiger partial charge >= 0.3 is 5.97 Å². The van der Waals surface area contributed by atoms with Crippen molar-refractivity contribution < 1.29 is 19.2 Å². The van der Waals surface area contributed by atoms with Crippen molar-refractivity contribution in [1.29, 1.82) is 0 Å². The Morgan fingerprint density at radius 1 is 1.24 bits per heavy atom. The molecule has 25 heavy (non-hydrogen) atoms. The molecule has 1 aromatic heterocycles. The van der Waals surface area contributed by atoms with Crippen LogP contribution >= 0.6 is 11.3 Å². The maximum Gasteiger partial charge on any atom is 0.341 e. The van der Waals surface area contributed by atoms with Crippen molar-refractivity contribution in [2.75, 3.05) is 32.1 Å². The lowest BCUT2D eigenvalue weighted by Gasteiger charge is -2.18. The zero-order chi connectivity index (χ0) is 17.8. The lowest BCUT2D eigenvalue weighted by atomic mass is 9.88. The summed E-state index contributed by atoms with van der Waals surface area (Å²) in [6.45, 7) is 4.85. The van der Waals surface area contributed by atoms with Gasteiger partial charge in [-0.15, -0.1) is 11.3 Å². The lowest BCUT2D eigenvalue weighted by Crippen LogP contribution is -3.12. The van der Waals surface area contributed by atoms with Crippen LogP contribution in [0.4, 0.5) is 5.00 Å². The van der Waals surface area contributed by atoms with Crippen LogP contribution in [0.15, 0.2) is 0 Å². The Labute approximate surface area is 153 Å². The average Bonchev–Trinajstić information content (AvgIpc) is 2.75. The van der Waals surface area contributed by atoms with E-state index in [4.69, 9.17) is 4.74 Å². The number of likely N-dealkylation sites (tertiary alicyclic amines) is 1. The Hall–Kier alpha value is -1.40. The number of anilines is 1. The van der Waals surface area contributed by atoms with Crippen molar-refractivity contribution in [2.24, 2.45) is 5.92 Å². The topological polar surface area (TPSA) is 59.8 Å². The van der Waals surface area contributed by atoms with Gasteiger partial charge in [-0.1, -0.05) is 6.92 Å². The van der Waals surface area contributed by atoms with E-state index in [1.54, 1.807) is 11.3 Å². The second-order valence-electron chi connectivity index (χ2n) is 7.44. The Morgan fingerprint density at radius 2 is 1.96 bits per heavy atom. The molecule has 1 saturated heterocycles. The molecule has 0 unspecified atom stereocenters. The fraction of sp³-hybridized carbons (Fsp3) is 0.684. The maximum absolute atomic E-state index is 12.6. The van der Waals surface area contributed by atoms with Crippen LogP contribution < -0.4 is 10.2 Å². The summed E-state index contributed by atoms with van der Waals surface area (Å²) in [6.07, 6.45) is 7.89. The number of hydrogen-bond acceptors (Lipinski definition) is 4. The second kappa shape index (κ2) is 8.32. The molecule has 2 N–H and O–H groups in total. The van der Waals surface area contributed by atoms with Crippen LogP contribution in [0.3, 0.4) is 0 Å². The highest BCUT2D eigenvalue weighted by atomic mass is 32.1. The number of fused-ring (bicyclic) bond motifs is 1. The summed E-state index contributed by atoms with van der Waals surface area (Å²) < 4.78 is 4.99. The number of quaternary nitrogens is 1. The molecule has 0 saturated carbocycles. The van der Waals surface area contributed by atoms with Gasteiger partial charge in [0.15, 0.2) is 6.54 Å². The molecule has 3 rings (SSSR count). The van der Waals surface area contributed by atoms with Crippen molar-refractivity contribution in [3.8, 4) is 0 Å². The number of thiophene rings is 1. The van der Waals surface area contributed by atoms with Crippen molar-refractivity contribution in [3.05, 3.63) is 16.0 Å². The van der Waals surface area contributed by atoms with E-state index in [0.29, 0.717) is 23.0 Å². The molecular weight excluding hydrogens is 336 g/mol. The summed E-state index contributed by atoms with van der Waals surface area (Å²) in [5, 5.41) is 3.71. The smallest absolute Gasteiger partial charge is 0.341 e. The highest BCUT2D eigenvalue weighted by Crippen LogP contribution is 2.39. The van der Waals surface area contributed by atoms with E-state index in [9.17, 15) is 9.59 Å². The van der Waals surface area contributed by atoms with Gasteiger partial charge in [0.05, 0.1) is 25.8 Å². The number of amides is 1. The van der Waals surface area contributed by atoms with Crippen LogP contribution in [-0.2, 0) is 22.4 Å². The van der Waals surface area contributed by atoms with Crippen molar-refractivity contribution in [3.63, 3.8) is 0 Å². The number of rotatable bonds is 4. The fourth-order valence-electron chi connectivity index (χ4n) is 3.96. The number of nitrogens with one attached hydrogen (secondary N) is 2. The summed E-state index contributed by atoms with van der Waals surface area (Å²) in [5.74, 6) is 0.305. The summed E-state index contributed by atoms with van der Waals surface area (Å²) in [5.41, 5.74) is 1.68. The van der Waals surface area contributed by atoms with Gasteiger partial charge in [0.25, 0.3) is 5.91 Å². The first-order valence-corrected chi connectivity index (χ1v) is 10.3. The first kappa shape index (κ1) is 18.4. The zero-order valence-corrected chi connectivity index (χ0v) is 16.1. The van der Waals surface area contributed by atoms with Gasteiger partial charge < -0.3 is 15.0 Å². The first-order valence-electron chi connectivity index (χ1n) is 9.44. The predicted octanol–water partition coefficient (Wildman–Crippen LogP) is 2.06. The van der Waals surface area contributed by atoms with Gasteiger partial charge in [-0.25, -0.2) is 4.79 Å². The number of methoxy groups -OCH3 is 1. The highest BCUT2D eigenvalue weighted by molar-refractivity contribution is 7.17. The average molecular weight is 366 g/mol. The van der Waals surface area contributed by atoms with Gasteiger partial charge in [0.2, 0.25) is 0 Å². The quantitative estimate of drug-likeness (QED) is 0.803. The van der Waals surface area contributed by atoms with Crippen LogP contribution in [0.2, 0.25) is 0 Å². The van der Waals surface area contributed by atoms with Crippen molar-refractivity contribution in [1.82, 2.24) is 0 Å². The minimum Gasteiger partial charge on any atom is -0.465 e. The molecule has 0 bridgehead atoms. The zero-order valence-electron chi connectivity index (χ0n) is 15.3. The molecule has 138 valence electrons. The number of esters is 1. The molecule has 1 aromatic rings. The third-order valence-corrected chi connectivity index (χ3v) is 6.55. The molecule has 5 nitrogen and oxygen atoms in total. The molecule has 1 amide bonds. The fourth-order valence-corrected chi connectivity index (χ4v) is 5.38. The Bertz CT molecular complexity index is 633. The number of hydrogen-bond donors (Lipinski definition) is 2. The Balaban J connectivity index is 1.74. The second-order valence-corrected chi connectivity index (χ2v) is 8.54. The van der Waals surface area contributed by atoms with E-state index in [-0.39, 0.29) is 11.9 Å². The third-order valence-electron chi connectivity index (χ3n) is 5.38. The van der Waals surface area contributed by atoms with Gasteiger partial charge in [-0.05, 0) is 56.4 Å². The summed E-state index contributed by atoms with van der Waals surface area (Å²) in [7, 11) is 1.41. The van der Waals surface area contributed by atoms with E-state index in [1.165, 1.54) is 42.6 Å². The van der Waals surface area contributed by atoms with Gasteiger partial charge in [-0.3, -0.25) is 4.79 Å². The molecule has 0 spiro atoms. The summed E-state index contributed by atoms with van der Waals surface area (Å²) in [4.78, 5) is 27.4. The molecule has 0 aromatic carbocycles. The maximum atomic E-state index is 12.6. The Kier molecular flexibility index (Phi) is 6.12. The Morgan fingerprint density at radius 3 is 2.64 bits per heavy atom. The summed E-state index contributed by atoms with van der Waals surface area (Å²) in [6, 6.07) is 0. The van der Waals surface area contributed by atoms with Crippen LogP contribution in [0, 0.1) is 5.92 Å². The largest absolute Gasteiger partial charge is 0.465 e. The van der Waals surface area contributed by atoms with E-state index in [2.05, 4.69) is 12.2 Å². The molecule has 1 fully saturated rings. The number of ether oxygens (including phenoxy) is 1. The van der Waals surface area contributed by atoms with Crippen LogP contribution in [0.25, 0.3) is 0 Å². The van der Waals surface area contributed by atoms with Crippen LogP contribution in [-0.4, -0.2) is 38.6 Å². The molecular formula is C19H29N2O3S+. The molecule has 6 heteroatoms. The minimum absolute atomic E-state index is 0.00805. The van der Waals surface area contributed by atoms with Gasteiger partial charge in [0, 0.05) is 4.88 Å². The van der Waals surface area contributed by atoms with Crippen molar-refractivity contribution >= 4 is 28.2 Å². The molecule has 2 heterocycles. The SMILES string of the molecule is COC(=O)c1c(NC(=O)C[NH+]2CCCCCC2)sc2c1CC[C@H](C)C2. The molecule has 2 aliphatic rings. The van der Waals surface area contributed by atoms with E-state index < -0.39 is 0 Å². The van der Waals surface area contributed by atoms with Crippen LogP contribution in [0.1, 0.15) is 59.8 Å². The molecule has 1 aliphatic heterocycles. The monoisotopic (exact) mass is 365 g/mol. The minimum atomic E-state index is -0.329. The summed E-state index contributed by atoms with van der Waals surface area (Å²) >= 11 is 1.56. The van der Waals surface area contributed by atoms with Crippen molar-refractivity contribution in [2.45, 2.75) is 51.9 Å². The highest BCUT2D eigenvalue weighted by Gasteiger charge is 2.29. The molecule has 1 atom stereocenters. The first-order chi connectivity index (χ1) is 12.1. The van der Waals surface area contributed by atoms with Gasteiger partial charge in [0.1, 0.15) is 5.00 Å². The van der Waals surface area contributed by atoms with E-state index in [1.807, 2.05) is 0 Å². The van der Waals surface area contributed by atoms with Gasteiger partial charge in [-0.2, -0.15) is 0 Å². The number of carbonyl (C=O) groups is 2. The number of carbonyl (C=O) groups excluding carboxylic acids is 2. The van der Waals surface area contributed by atoms with Crippen LogP contribution in [0.5, 0.6) is 0 Å². The predicted molar refractivity (Wildman–Crippen MR) is 99.5 cm³/mol. The molecule has 0 radical (unpaired) electrons. The normalized spacial score (nSPS) is 21.3. The van der Waals surface area contributed by atoms with E-state index in [0.717, 1.165) is 37.9 Å².